The van der Waals surface area contributed by atoms with Gasteiger partial charge in [-0.1, -0.05) is 18.9 Å². The minimum absolute atomic E-state index is 0.0487. The van der Waals surface area contributed by atoms with Gasteiger partial charge in [-0.25, -0.2) is 5.84 Å². The van der Waals surface area contributed by atoms with Crippen molar-refractivity contribution in [2.24, 2.45) is 11.8 Å². The molecular formula is C17H26N2O4. The zero-order chi connectivity index (χ0) is 16.7. The van der Waals surface area contributed by atoms with Gasteiger partial charge in [0.15, 0.2) is 11.5 Å². The Labute approximate surface area is 137 Å². The molecule has 128 valence electrons. The van der Waals surface area contributed by atoms with Crippen LogP contribution in [-0.2, 0) is 16.0 Å². The third-order valence-electron chi connectivity index (χ3n) is 4.35. The van der Waals surface area contributed by atoms with Gasteiger partial charge in [0.2, 0.25) is 5.91 Å². The van der Waals surface area contributed by atoms with E-state index in [-0.39, 0.29) is 17.9 Å². The Morgan fingerprint density at radius 3 is 2.65 bits per heavy atom. The summed E-state index contributed by atoms with van der Waals surface area (Å²) in [4.78, 5) is 11.8. The van der Waals surface area contributed by atoms with Crippen LogP contribution >= 0.6 is 0 Å². The van der Waals surface area contributed by atoms with Gasteiger partial charge in [0.05, 0.1) is 32.8 Å². The van der Waals surface area contributed by atoms with E-state index in [0.29, 0.717) is 18.1 Å². The predicted octanol–water partition coefficient (Wildman–Crippen LogP) is 1.81. The highest BCUT2D eigenvalue weighted by atomic mass is 16.5. The summed E-state index contributed by atoms with van der Waals surface area (Å²) in [6.07, 6.45) is 4.60. The molecule has 0 unspecified atom stereocenters. The number of benzene rings is 1. The summed E-state index contributed by atoms with van der Waals surface area (Å²) in [7, 11) is 3.24. The molecule has 6 nitrogen and oxygen atoms in total. The Hall–Kier alpha value is -1.79. The largest absolute Gasteiger partial charge is 0.493 e. The molecule has 0 spiro atoms. The molecule has 2 atom stereocenters. The van der Waals surface area contributed by atoms with Crippen molar-refractivity contribution in [1.29, 1.82) is 0 Å². The van der Waals surface area contributed by atoms with Gasteiger partial charge in [0, 0.05) is 0 Å². The fraction of sp³-hybridized carbons (Fsp3) is 0.588. The first-order valence-electron chi connectivity index (χ1n) is 8.02. The number of hydrogen-bond acceptors (Lipinski definition) is 5. The summed E-state index contributed by atoms with van der Waals surface area (Å²) >= 11 is 0. The van der Waals surface area contributed by atoms with E-state index in [1.54, 1.807) is 14.2 Å². The highest BCUT2D eigenvalue weighted by molar-refractivity contribution is 5.78. The van der Waals surface area contributed by atoms with Gasteiger partial charge in [0.1, 0.15) is 0 Å². The van der Waals surface area contributed by atoms with Gasteiger partial charge >= 0.3 is 0 Å². The Balaban J connectivity index is 1.89. The van der Waals surface area contributed by atoms with Crippen LogP contribution in [0.5, 0.6) is 11.5 Å². The summed E-state index contributed by atoms with van der Waals surface area (Å²) in [5.74, 6) is 6.42. The van der Waals surface area contributed by atoms with Gasteiger partial charge in [-0.05, 0) is 37.0 Å². The maximum Gasteiger partial charge on any atom is 0.239 e. The monoisotopic (exact) mass is 322 g/mol. The number of hydrogen-bond donors (Lipinski definition) is 2. The SMILES string of the molecule is COc1ccc(CCO[C@@H]2CCCC[C@H]2C(=O)NN)cc1OC. The number of carbonyl (C=O) groups is 1. The molecular weight excluding hydrogens is 296 g/mol. The minimum Gasteiger partial charge on any atom is -0.493 e. The highest BCUT2D eigenvalue weighted by Gasteiger charge is 2.31. The molecule has 1 aromatic rings. The van der Waals surface area contributed by atoms with E-state index in [0.717, 1.165) is 37.7 Å². The molecule has 0 aliphatic heterocycles. The number of methoxy groups -OCH3 is 2. The molecule has 23 heavy (non-hydrogen) atoms. The maximum atomic E-state index is 11.8. The van der Waals surface area contributed by atoms with Gasteiger partial charge in [0.25, 0.3) is 0 Å². The van der Waals surface area contributed by atoms with Crippen molar-refractivity contribution < 1.29 is 19.0 Å². The number of hydrazine groups is 1. The standard InChI is InChI=1S/C17H26N2O4/c1-21-15-8-7-12(11-16(15)22-2)9-10-23-14-6-4-3-5-13(14)17(20)19-18/h7-8,11,13-14H,3-6,9-10,18H2,1-2H3,(H,19,20)/t13-,14-/m1/s1. The lowest BCUT2D eigenvalue weighted by Crippen LogP contribution is -2.43. The van der Waals surface area contributed by atoms with Crippen LogP contribution in [0.15, 0.2) is 18.2 Å². The number of carbonyl (C=O) groups excluding carboxylic acids is 1. The third kappa shape index (κ3) is 4.59. The normalized spacial score (nSPS) is 20.8. The van der Waals surface area contributed by atoms with Crippen molar-refractivity contribution in [2.75, 3.05) is 20.8 Å². The molecule has 1 aromatic carbocycles. The first kappa shape index (κ1) is 17.6. The van der Waals surface area contributed by atoms with E-state index in [2.05, 4.69) is 5.43 Å². The van der Waals surface area contributed by atoms with E-state index in [1.165, 1.54) is 0 Å². The van der Waals surface area contributed by atoms with Gasteiger partial charge in [-0.15, -0.1) is 0 Å². The molecule has 6 heteroatoms. The Morgan fingerprint density at radius 1 is 1.22 bits per heavy atom. The molecule has 0 radical (unpaired) electrons. The number of rotatable bonds is 7. The van der Waals surface area contributed by atoms with Crippen LogP contribution < -0.4 is 20.7 Å². The lowest BCUT2D eigenvalue weighted by Gasteiger charge is -2.30. The van der Waals surface area contributed by atoms with Crippen LogP contribution in [-0.4, -0.2) is 32.8 Å². The zero-order valence-corrected chi connectivity index (χ0v) is 13.8. The number of nitrogens with two attached hydrogens (primary N) is 1. The van der Waals surface area contributed by atoms with Crippen molar-refractivity contribution in [2.45, 2.75) is 38.2 Å². The summed E-state index contributed by atoms with van der Waals surface area (Å²) in [6, 6.07) is 5.84. The smallest absolute Gasteiger partial charge is 0.239 e. The van der Waals surface area contributed by atoms with Crippen LogP contribution in [0, 0.1) is 5.92 Å². The van der Waals surface area contributed by atoms with Gasteiger partial charge in [-0.2, -0.15) is 0 Å². The van der Waals surface area contributed by atoms with Crippen molar-refractivity contribution in [3.63, 3.8) is 0 Å². The molecule has 3 N–H and O–H groups in total. The van der Waals surface area contributed by atoms with Crippen molar-refractivity contribution in [3.05, 3.63) is 23.8 Å². The zero-order valence-electron chi connectivity index (χ0n) is 13.8. The van der Waals surface area contributed by atoms with Crippen LogP contribution in [0.4, 0.5) is 0 Å². The molecule has 0 aromatic heterocycles. The number of amides is 1. The fourth-order valence-corrected chi connectivity index (χ4v) is 3.07. The van der Waals surface area contributed by atoms with Crippen LogP contribution in [0.2, 0.25) is 0 Å². The maximum absolute atomic E-state index is 11.8. The molecule has 1 fully saturated rings. The van der Waals surface area contributed by atoms with E-state index in [9.17, 15) is 4.79 Å². The average Bonchev–Trinajstić information content (AvgIpc) is 2.61. The van der Waals surface area contributed by atoms with Gasteiger partial charge < -0.3 is 14.2 Å². The lowest BCUT2D eigenvalue weighted by molar-refractivity contribution is -0.132. The highest BCUT2D eigenvalue weighted by Crippen LogP contribution is 2.29. The molecule has 0 bridgehead atoms. The van der Waals surface area contributed by atoms with Crippen LogP contribution in [0.1, 0.15) is 31.2 Å². The molecule has 1 amide bonds. The van der Waals surface area contributed by atoms with E-state index < -0.39 is 0 Å². The van der Waals surface area contributed by atoms with Crippen LogP contribution in [0.25, 0.3) is 0 Å². The first-order chi connectivity index (χ1) is 11.2. The second-order valence-corrected chi connectivity index (χ2v) is 5.75. The fourth-order valence-electron chi connectivity index (χ4n) is 3.07. The van der Waals surface area contributed by atoms with Gasteiger partial charge in [-0.3, -0.25) is 10.2 Å². The van der Waals surface area contributed by atoms with Crippen molar-refractivity contribution in [3.8, 4) is 11.5 Å². The number of ether oxygens (including phenoxy) is 3. The molecule has 0 saturated heterocycles. The molecule has 2 rings (SSSR count). The number of nitrogens with one attached hydrogen (secondary N) is 1. The quantitative estimate of drug-likeness (QED) is 0.454. The van der Waals surface area contributed by atoms with E-state index in [1.807, 2.05) is 18.2 Å². The Kier molecular flexibility index (Phi) is 6.67. The van der Waals surface area contributed by atoms with Crippen molar-refractivity contribution >= 4 is 5.91 Å². The Morgan fingerprint density at radius 2 is 1.96 bits per heavy atom. The third-order valence-corrected chi connectivity index (χ3v) is 4.35. The molecule has 1 aliphatic carbocycles. The average molecular weight is 322 g/mol. The summed E-state index contributed by atoms with van der Waals surface area (Å²) < 4.78 is 16.5. The second-order valence-electron chi connectivity index (χ2n) is 5.75. The summed E-state index contributed by atoms with van der Waals surface area (Å²) in [6.45, 7) is 0.564. The van der Waals surface area contributed by atoms with Crippen molar-refractivity contribution in [1.82, 2.24) is 5.43 Å². The minimum atomic E-state index is -0.140. The molecule has 1 aliphatic rings. The van der Waals surface area contributed by atoms with E-state index >= 15 is 0 Å². The predicted molar refractivity (Wildman–Crippen MR) is 87.3 cm³/mol. The molecule has 1 saturated carbocycles. The summed E-state index contributed by atoms with van der Waals surface area (Å²) in [5.41, 5.74) is 3.36. The summed E-state index contributed by atoms with van der Waals surface area (Å²) in [5, 5.41) is 0. The van der Waals surface area contributed by atoms with Crippen LogP contribution in [0.3, 0.4) is 0 Å². The lowest BCUT2D eigenvalue weighted by atomic mass is 9.86. The topological polar surface area (TPSA) is 82.8 Å². The first-order valence-corrected chi connectivity index (χ1v) is 8.02. The second kappa shape index (κ2) is 8.74. The van der Waals surface area contributed by atoms with E-state index in [4.69, 9.17) is 20.1 Å². The molecule has 0 heterocycles. The Bertz CT molecular complexity index is 521.